The Morgan fingerprint density at radius 2 is 1.94 bits per heavy atom. The third-order valence-electron chi connectivity index (χ3n) is 2.22. The molecule has 0 atom stereocenters. The molecule has 1 heterocycles. The maximum atomic E-state index is 13.6. The zero-order valence-electron chi connectivity index (χ0n) is 8.25. The van der Waals surface area contributed by atoms with Crippen LogP contribution in [0.4, 0.5) is 4.39 Å². The summed E-state index contributed by atoms with van der Waals surface area (Å²) < 4.78 is 13.6. The molecule has 1 aromatic carbocycles. The molecule has 0 aliphatic rings. The van der Waals surface area contributed by atoms with Gasteiger partial charge in [0.05, 0.1) is 5.69 Å². The minimum atomic E-state index is -0.292. The van der Waals surface area contributed by atoms with E-state index in [4.69, 9.17) is 11.6 Å². The summed E-state index contributed by atoms with van der Waals surface area (Å²) in [4.78, 5) is 4.17. The average molecular weight is 301 g/mol. The highest BCUT2D eigenvalue weighted by Gasteiger charge is 2.10. The van der Waals surface area contributed by atoms with Crippen molar-refractivity contribution in [3.63, 3.8) is 0 Å². The summed E-state index contributed by atoms with van der Waals surface area (Å²) in [5, 5.41) is 0.976. The van der Waals surface area contributed by atoms with Gasteiger partial charge in [0.25, 0.3) is 0 Å². The van der Waals surface area contributed by atoms with Crippen molar-refractivity contribution in [1.29, 1.82) is 0 Å². The first-order valence-corrected chi connectivity index (χ1v) is 6.18. The lowest BCUT2D eigenvalue weighted by Gasteiger charge is -2.07. The fourth-order valence-corrected chi connectivity index (χ4v) is 2.06. The van der Waals surface area contributed by atoms with Crippen LogP contribution in [0.25, 0.3) is 11.3 Å². The Hall–Kier alpha value is -0.930. The van der Waals surface area contributed by atoms with Crippen LogP contribution in [0.1, 0.15) is 5.56 Å². The predicted molar refractivity (Wildman–Crippen MR) is 67.3 cm³/mol. The molecule has 2 rings (SSSR count). The Balaban J connectivity index is 2.63. The molecular formula is C12H8BrClFN. The molecule has 0 saturated carbocycles. The van der Waals surface area contributed by atoms with Crippen LogP contribution >= 0.6 is 27.5 Å². The van der Waals surface area contributed by atoms with Gasteiger partial charge in [0.15, 0.2) is 0 Å². The minimum Gasteiger partial charge on any atom is -0.236 e. The number of pyridine rings is 1. The van der Waals surface area contributed by atoms with Crippen LogP contribution in [0.15, 0.2) is 36.4 Å². The van der Waals surface area contributed by atoms with Crippen LogP contribution in [0.5, 0.6) is 0 Å². The SMILES string of the molecule is Fc1ccccc1-c1nc(Cl)ccc1CBr. The second-order valence-corrected chi connectivity index (χ2v) is 4.20. The smallest absolute Gasteiger partial charge is 0.132 e. The van der Waals surface area contributed by atoms with Gasteiger partial charge < -0.3 is 0 Å². The molecule has 0 N–H and O–H groups in total. The Kier molecular flexibility index (Phi) is 3.56. The molecule has 4 heteroatoms. The lowest BCUT2D eigenvalue weighted by atomic mass is 10.1. The fourth-order valence-electron chi connectivity index (χ4n) is 1.46. The number of aromatic nitrogens is 1. The molecule has 2 aromatic rings. The summed E-state index contributed by atoms with van der Waals surface area (Å²) in [5.74, 6) is -0.292. The van der Waals surface area contributed by atoms with Crippen molar-refractivity contribution in [3.8, 4) is 11.3 Å². The van der Waals surface area contributed by atoms with Crippen molar-refractivity contribution >= 4 is 27.5 Å². The summed E-state index contributed by atoms with van der Waals surface area (Å²) in [5.41, 5.74) is 1.97. The molecule has 0 amide bonds. The van der Waals surface area contributed by atoms with E-state index in [9.17, 15) is 4.39 Å². The highest BCUT2D eigenvalue weighted by molar-refractivity contribution is 9.08. The van der Waals surface area contributed by atoms with E-state index < -0.39 is 0 Å². The van der Waals surface area contributed by atoms with E-state index in [0.717, 1.165) is 5.56 Å². The fraction of sp³-hybridized carbons (Fsp3) is 0.0833. The van der Waals surface area contributed by atoms with Gasteiger partial charge in [0, 0.05) is 10.9 Å². The lowest BCUT2D eigenvalue weighted by molar-refractivity contribution is 0.630. The summed E-state index contributed by atoms with van der Waals surface area (Å²) in [6.07, 6.45) is 0. The topological polar surface area (TPSA) is 12.9 Å². The molecule has 1 aromatic heterocycles. The molecule has 0 bridgehead atoms. The lowest BCUT2D eigenvalue weighted by Crippen LogP contribution is -1.93. The molecule has 16 heavy (non-hydrogen) atoms. The van der Waals surface area contributed by atoms with E-state index in [1.807, 2.05) is 6.07 Å². The van der Waals surface area contributed by atoms with E-state index >= 15 is 0 Å². The van der Waals surface area contributed by atoms with Gasteiger partial charge in [-0.3, -0.25) is 0 Å². The van der Waals surface area contributed by atoms with Crippen molar-refractivity contribution < 1.29 is 4.39 Å². The summed E-state index contributed by atoms with van der Waals surface area (Å²) in [6, 6.07) is 10.1. The number of hydrogen-bond acceptors (Lipinski definition) is 1. The van der Waals surface area contributed by atoms with Gasteiger partial charge in [-0.05, 0) is 23.8 Å². The van der Waals surface area contributed by atoms with Gasteiger partial charge in [0.2, 0.25) is 0 Å². The largest absolute Gasteiger partial charge is 0.236 e. The summed E-state index contributed by atoms with van der Waals surface area (Å²) >= 11 is 9.18. The Morgan fingerprint density at radius 3 is 2.62 bits per heavy atom. The van der Waals surface area contributed by atoms with Crippen LogP contribution in [0.3, 0.4) is 0 Å². The van der Waals surface area contributed by atoms with Crippen LogP contribution in [0, 0.1) is 5.82 Å². The standard InChI is InChI=1S/C12H8BrClFN/c13-7-8-5-6-11(14)16-12(8)9-3-1-2-4-10(9)15/h1-6H,7H2. The van der Waals surface area contributed by atoms with Crippen LogP contribution in [0.2, 0.25) is 5.15 Å². The Labute approximate surface area is 106 Å². The number of nitrogens with zero attached hydrogens (tertiary/aromatic N) is 1. The highest BCUT2D eigenvalue weighted by Crippen LogP contribution is 2.27. The number of rotatable bonds is 2. The zero-order valence-corrected chi connectivity index (χ0v) is 10.6. The van der Waals surface area contributed by atoms with Crippen molar-refractivity contribution in [1.82, 2.24) is 4.98 Å². The van der Waals surface area contributed by atoms with Crippen molar-refractivity contribution in [2.45, 2.75) is 5.33 Å². The average Bonchev–Trinajstić information content (AvgIpc) is 2.29. The molecule has 0 saturated heterocycles. The second kappa shape index (κ2) is 4.93. The van der Waals surface area contributed by atoms with Gasteiger partial charge in [-0.1, -0.05) is 45.7 Å². The van der Waals surface area contributed by atoms with Crippen LogP contribution in [-0.4, -0.2) is 4.98 Å². The summed E-state index contributed by atoms with van der Waals surface area (Å²) in [7, 11) is 0. The molecule has 0 spiro atoms. The number of alkyl halides is 1. The molecule has 0 unspecified atom stereocenters. The van der Waals surface area contributed by atoms with Crippen LogP contribution < -0.4 is 0 Å². The third-order valence-corrected chi connectivity index (χ3v) is 3.03. The Morgan fingerprint density at radius 1 is 1.19 bits per heavy atom. The van der Waals surface area contributed by atoms with Crippen molar-refractivity contribution in [2.24, 2.45) is 0 Å². The second-order valence-electron chi connectivity index (χ2n) is 3.26. The highest BCUT2D eigenvalue weighted by atomic mass is 79.9. The quantitative estimate of drug-likeness (QED) is 0.590. The molecule has 0 radical (unpaired) electrons. The number of halogens is 3. The van der Waals surface area contributed by atoms with E-state index in [-0.39, 0.29) is 5.82 Å². The van der Waals surface area contributed by atoms with E-state index in [1.54, 1.807) is 24.3 Å². The molecule has 1 nitrogen and oxygen atoms in total. The van der Waals surface area contributed by atoms with E-state index in [1.165, 1.54) is 6.07 Å². The van der Waals surface area contributed by atoms with Gasteiger partial charge in [-0.25, -0.2) is 9.37 Å². The maximum Gasteiger partial charge on any atom is 0.132 e. The van der Waals surface area contributed by atoms with Crippen LogP contribution in [-0.2, 0) is 5.33 Å². The first-order valence-electron chi connectivity index (χ1n) is 4.68. The molecule has 0 aliphatic heterocycles. The van der Waals surface area contributed by atoms with Crippen molar-refractivity contribution in [3.05, 3.63) is 52.9 Å². The molecular weight excluding hydrogens is 292 g/mol. The normalized spacial score (nSPS) is 10.4. The first-order chi connectivity index (χ1) is 7.72. The predicted octanol–water partition coefficient (Wildman–Crippen LogP) is 4.44. The Bertz CT molecular complexity index is 516. The van der Waals surface area contributed by atoms with E-state index in [0.29, 0.717) is 21.7 Å². The minimum absolute atomic E-state index is 0.292. The van der Waals surface area contributed by atoms with Gasteiger partial charge in [-0.15, -0.1) is 0 Å². The number of benzene rings is 1. The zero-order chi connectivity index (χ0) is 11.5. The maximum absolute atomic E-state index is 13.6. The molecule has 0 fully saturated rings. The van der Waals surface area contributed by atoms with Gasteiger partial charge in [-0.2, -0.15) is 0 Å². The monoisotopic (exact) mass is 299 g/mol. The van der Waals surface area contributed by atoms with Gasteiger partial charge in [0.1, 0.15) is 11.0 Å². The first kappa shape index (κ1) is 11.6. The van der Waals surface area contributed by atoms with Gasteiger partial charge >= 0.3 is 0 Å². The molecule has 0 aliphatic carbocycles. The third kappa shape index (κ3) is 2.25. The van der Waals surface area contributed by atoms with Crippen molar-refractivity contribution in [2.75, 3.05) is 0 Å². The molecule has 82 valence electrons. The summed E-state index contributed by atoms with van der Waals surface area (Å²) in [6.45, 7) is 0. The van der Waals surface area contributed by atoms with E-state index in [2.05, 4.69) is 20.9 Å². The number of hydrogen-bond donors (Lipinski definition) is 0.